The van der Waals surface area contributed by atoms with E-state index in [4.69, 9.17) is 4.74 Å². The fourth-order valence-corrected chi connectivity index (χ4v) is 5.12. The van der Waals surface area contributed by atoms with Gasteiger partial charge in [0.2, 0.25) is 14.2 Å². The van der Waals surface area contributed by atoms with Gasteiger partial charge in [-0.1, -0.05) is 12.0 Å². The first-order valence-corrected chi connectivity index (χ1v) is 9.99. The van der Waals surface area contributed by atoms with Gasteiger partial charge >= 0.3 is 5.13 Å². The van der Waals surface area contributed by atoms with Gasteiger partial charge in [0.15, 0.2) is 6.17 Å². The number of quaternary nitrogens is 1. The molecule has 2 aliphatic heterocycles. The quantitative estimate of drug-likeness (QED) is 0.531. The Morgan fingerprint density at radius 1 is 1.39 bits per heavy atom. The summed E-state index contributed by atoms with van der Waals surface area (Å²) in [6, 6.07) is 0. The second-order valence-corrected chi connectivity index (χ2v) is 9.27. The number of nitrogens with zero attached hydrogens (tertiary/aromatic N) is 5. The largest absolute Gasteiger partial charge is 0.623 e. The molecule has 3 heterocycles. The highest BCUT2D eigenvalue weighted by molar-refractivity contribution is 7.93. The molecule has 0 aromatic carbocycles. The molecule has 3 rings (SSSR count). The second kappa shape index (κ2) is 6.31. The van der Waals surface area contributed by atoms with Crippen molar-refractivity contribution in [3.63, 3.8) is 0 Å². The lowest BCUT2D eigenvalue weighted by Gasteiger charge is -2.44. The molecule has 2 saturated heterocycles. The summed E-state index contributed by atoms with van der Waals surface area (Å²) in [7, 11) is -1.56. The third kappa shape index (κ3) is 3.14. The Morgan fingerprint density at radius 3 is 2.74 bits per heavy atom. The maximum atomic E-state index is 13.5. The highest BCUT2D eigenvalue weighted by Crippen LogP contribution is 2.36. The molecule has 0 N–H and O–H groups in total. The van der Waals surface area contributed by atoms with E-state index in [1.165, 1.54) is 0 Å². The van der Waals surface area contributed by atoms with Gasteiger partial charge < -0.3 is 9.94 Å². The van der Waals surface area contributed by atoms with Crippen molar-refractivity contribution in [1.82, 2.24) is 24.6 Å². The lowest BCUT2D eigenvalue weighted by molar-refractivity contribution is -0.00410. The summed E-state index contributed by atoms with van der Waals surface area (Å²) in [5.41, 5.74) is 0. The Balaban J connectivity index is 1.92. The summed E-state index contributed by atoms with van der Waals surface area (Å²) in [6.45, 7) is 5.00. The standard InChI is InChI=1S/C12H21N5O4S2/c1-3-23(19,20)12-14-13-11(22-12)17(18)9-15(2)8-10(17)16-4-6-21-7-5-16/h10H,3-9H2,1-2H3. The Bertz CT molecular complexity index is 660. The molecule has 130 valence electrons. The third-order valence-electron chi connectivity index (χ3n) is 4.24. The maximum absolute atomic E-state index is 13.5. The molecule has 1 aromatic heterocycles. The van der Waals surface area contributed by atoms with Crippen LogP contribution < -0.4 is 4.65 Å². The van der Waals surface area contributed by atoms with Crippen LogP contribution in [0.4, 0.5) is 5.13 Å². The number of sulfone groups is 1. The van der Waals surface area contributed by atoms with Gasteiger partial charge in [0.05, 0.1) is 25.5 Å². The maximum Gasteiger partial charge on any atom is 0.310 e. The number of hydroxylamine groups is 2. The minimum absolute atomic E-state index is 0.0483. The Kier molecular flexibility index (Phi) is 4.71. The molecule has 2 fully saturated rings. The van der Waals surface area contributed by atoms with Gasteiger partial charge in [-0.15, -0.1) is 5.10 Å². The molecule has 1 aromatic rings. The molecule has 0 saturated carbocycles. The van der Waals surface area contributed by atoms with Crippen LogP contribution in [0.15, 0.2) is 4.34 Å². The van der Waals surface area contributed by atoms with E-state index in [2.05, 4.69) is 15.1 Å². The van der Waals surface area contributed by atoms with Crippen molar-refractivity contribution in [1.29, 1.82) is 0 Å². The predicted octanol–water partition coefficient (Wildman–Crippen LogP) is -0.302. The van der Waals surface area contributed by atoms with Gasteiger partial charge in [0.25, 0.3) is 0 Å². The van der Waals surface area contributed by atoms with Crippen molar-refractivity contribution in [2.24, 2.45) is 0 Å². The molecule has 9 nitrogen and oxygen atoms in total. The zero-order valence-corrected chi connectivity index (χ0v) is 14.8. The SMILES string of the molecule is CCS(=O)(=O)c1nnc([N+]2([O-])CN(C)CC2N2CCOCC2)s1. The van der Waals surface area contributed by atoms with E-state index >= 15 is 0 Å². The first-order valence-electron chi connectivity index (χ1n) is 7.53. The molecule has 0 amide bonds. The number of hydrogen-bond donors (Lipinski definition) is 0. The van der Waals surface area contributed by atoms with E-state index in [0.717, 1.165) is 11.3 Å². The van der Waals surface area contributed by atoms with Gasteiger partial charge in [0, 0.05) is 13.1 Å². The topological polar surface area (TPSA) is 98.7 Å². The first-order chi connectivity index (χ1) is 10.9. The molecule has 2 atom stereocenters. The zero-order chi connectivity index (χ0) is 16.7. The average molecular weight is 363 g/mol. The van der Waals surface area contributed by atoms with Crippen molar-refractivity contribution >= 4 is 26.3 Å². The third-order valence-corrected chi connectivity index (χ3v) is 7.46. The predicted molar refractivity (Wildman–Crippen MR) is 86.5 cm³/mol. The molecule has 0 spiro atoms. The fourth-order valence-electron chi connectivity index (χ4n) is 2.97. The van der Waals surface area contributed by atoms with Crippen LogP contribution in [-0.4, -0.2) is 86.9 Å². The van der Waals surface area contributed by atoms with Crippen molar-refractivity contribution in [2.45, 2.75) is 17.4 Å². The van der Waals surface area contributed by atoms with Crippen LogP contribution >= 0.6 is 11.3 Å². The van der Waals surface area contributed by atoms with E-state index in [0.29, 0.717) is 32.8 Å². The van der Waals surface area contributed by atoms with Crippen LogP contribution in [0.1, 0.15) is 6.92 Å². The number of hydrogen-bond acceptors (Lipinski definition) is 9. The van der Waals surface area contributed by atoms with Crippen LogP contribution in [0.5, 0.6) is 0 Å². The van der Waals surface area contributed by atoms with Crippen LogP contribution in [0.25, 0.3) is 0 Å². The van der Waals surface area contributed by atoms with E-state index in [1.54, 1.807) is 6.92 Å². The van der Waals surface area contributed by atoms with Gasteiger partial charge in [-0.2, -0.15) is 0 Å². The number of morpholine rings is 1. The molecule has 2 aliphatic rings. The lowest BCUT2D eigenvalue weighted by Crippen LogP contribution is -2.59. The van der Waals surface area contributed by atoms with E-state index in [-0.39, 0.29) is 28.1 Å². The minimum Gasteiger partial charge on any atom is -0.623 e. The smallest absolute Gasteiger partial charge is 0.310 e. The Hall–Kier alpha value is -0.690. The van der Waals surface area contributed by atoms with Crippen LogP contribution in [0.2, 0.25) is 0 Å². The summed E-state index contributed by atoms with van der Waals surface area (Å²) in [5.74, 6) is -0.0483. The van der Waals surface area contributed by atoms with Gasteiger partial charge in [-0.3, -0.25) is 9.55 Å². The minimum atomic E-state index is -3.44. The zero-order valence-electron chi connectivity index (χ0n) is 13.2. The van der Waals surface area contributed by atoms with E-state index in [1.807, 2.05) is 11.9 Å². The van der Waals surface area contributed by atoms with Crippen molar-refractivity contribution < 1.29 is 13.2 Å². The summed E-state index contributed by atoms with van der Waals surface area (Å²) >= 11 is 0.895. The lowest BCUT2D eigenvalue weighted by atomic mass is 10.3. The fraction of sp³-hybridized carbons (Fsp3) is 0.833. The molecular weight excluding hydrogens is 342 g/mol. The number of likely N-dealkylation sites (N-methyl/N-ethyl adjacent to an activating group) is 1. The van der Waals surface area contributed by atoms with Gasteiger partial charge in [-0.05, 0) is 18.4 Å². The summed E-state index contributed by atoms with van der Waals surface area (Å²) in [5, 5.41) is 21.4. The van der Waals surface area contributed by atoms with Gasteiger partial charge in [-0.25, -0.2) is 13.3 Å². The molecule has 0 aliphatic carbocycles. The molecule has 2 unspecified atom stereocenters. The Morgan fingerprint density at radius 2 is 2.09 bits per heavy atom. The molecule has 23 heavy (non-hydrogen) atoms. The molecule has 0 bridgehead atoms. The van der Waals surface area contributed by atoms with E-state index < -0.39 is 14.5 Å². The first kappa shape index (κ1) is 17.1. The highest BCUT2D eigenvalue weighted by atomic mass is 32.2. The number of ether oxygens (including phenoxy) is 1. The van der Waals surface area contributed by atoms with Crippen molar-refractivity contribution in [3.05, 3.63) is 5.21 Å². The van der Waals surface area contributed by atoms with Crippen LogP contribution in [0.3, 0.4) is 0 Å². The number of aromatic nitrogens is 2. The van der Waals surface area contributed by atoms with Crippen LogP contribution in [0, 0.1) is 5.21 Å². The highest BCUT2D eigenvalue weighted by Gasteiger charge is 2.46. The summed E-state index contributed by atoms with van der Waals surface area (Å²) < 4.78 is 28.5. The van der Waals surface area contributed by atoms with Crippen LogP contribution in [-0.2, 0) is 14.6 Å². The Labute approximate surface area is 139 Å². The van der Waals surface area contributed by atoms with E-state index in [9.17, 15) is 13.6 Å². The van der Waals surface area contributed by atoms with Gasteiger partial charge in [0.1, 0.15) is 6.67 Å². The van der Waals surface area contributed by atoms with Crippen molar-refractivity contribution in [2.75, 3.05) is 52.3 Å². The second-order valence-electron chi connectivity index (χ2n) is 5.86. The molecular formula is C12H21N5O4S2. The monoisotopic (exact) mass is 363 g/mol. The molecule has 11 heteroatoms. The average Bonchev–Trinajstić information content (AvgIpc) is 3.14. The molecule has 0 radical (unpaired) electrons. The van der Waals surface area contributed by atoms with Crippen molar-refractivity contribution in [3.8, 4) is 0 Å². The normalized spacial score (nSPS) is 30.8. The summed E-state index contributed by atoms with van der Waals surface area (Å²) in [4.78, 5) is 4.05. The number of rotatable bonds is 4. The summed E-state index contributed by atoms with van der Waals surface area (Å²) in [6.07, 6.45) is -0.311.